The van der Waals surface area contributed by atoms with E-state index in [0.29, 0.717) is 38.6 Å². The summed E-state index contributed by atoms with van der Waals surface area (Å²) in [6.45, 7) is 11.9. The number of carbonyl (C=O) groups excluding carboxylic acids is 6. The van der Waals surface area contributed by atoms with E-state index in [2.05, 4.69) is 41.5 Å². The van der Waals surface area contributed by atoms with Crippen LogP contribution in [0, 0.1) is 11.8 Å². The topological polar surface area (TPSA) is 155 Å². The Kier molecular flexibility index (Phi) is 45.6. The fraction of sp³-hybridized carbons (Fsp3) is 0.897. The van der Waals surface area contributed by atoms with Crippen LogP contribution in [0.3, 0.4) is 0 Å². The van der Waals surface area contributed by atoms with E-state index in [0.717, 1.165) is 135 Å². The van der Waals surface area contributed by atoms with E-state index in [4.69, 9.17) is 23.7 Å². The molecule has 0 N–H and O–H groups in total. The summed E-state index contributed by atoms with van der Waals surface area (Å²) in [4.78, 5) is 84.2. The van der Waals surface area contributed by atoms with Crippen LogP contribution in [0.5, 0.6) is 0 Å². The zero-order valence-corrected chi connectivity index (χ0v) is 47.0. The first-order valence-electron chi connectivity index (χ1n) is 29.1. The van der Waals surface area contributed by atoms with Crippen LogP contribution in [0.25, 0.3) is 0 Å². The Balaban J connectivity index is 6.17. The summed E-state index contributed by atoms with van der Waals surface area (Å²) in [5.74, 6) is -3.80. The number of nitrogens with zero attached hydrogens (tertiary/aromatic N) is 2. The number of rotatable bonds is 50. The van der Waals surface area contributed by atoms with E-state index < -0.39 is 49.1 Å². The highest BCUT2D eigenvalue weighted by Crippen LogP contribution is 2.23. The molecule has 0 fully saturated rings. The monoisotopic (exact) mass is 1010 g/mol. The lowest BCUT2D eigenvalue weighted by Gasteiger charge is -2.32. The van der Waals surface area contributed by atoms with Crippen molar-refractivity contribution in [1.29, 1.82) is 0 Å². The Hall–Kier alpha value is -3.22. The quantitative estimate of drug-likeness (QED) is 0.0323. The largest absolute Gasteiger partial charge is 0.462 e. The van der Waals surface area contributed by atoms with E-state index in [9.17, 15) is 28.8 Å². The minimum absolute atomic E-state index is 0.132. The number of ether oxygens (including phenoxy) is 5. The molecule has 0 aromatic rings. The Bertz CT molecular complexity index is 1280. The minimum Gasteiger partial charge on any atom is -0.462 e. The molecule has 0 saturated heterocycles. The van der Waals surface area contributed by atoms with Crippen LogP contribution in [0.4, 0.5) is 0 Å². The van der Waals surface area contributed by atoms with E-state index in [1.54, 1.807) is 0 Å². The molecule has 3 unspecified atom stereocenters. The molecular weight excluding hydrogens is 901 g/mol. The van der Waals surface area contributed by atoms with Crippen LogP contribution in [-0.2, 0) is 52.5 Å². The van der Waals surface area contributed by atoms with E-state index >= 15 is 0 Å². The molecule has 0 radical (unpaired) electrons. The lowest BCUT2D eigenvalue weighted by Crippen LogP contribution is -2.48. The standard InChI is InChI=1S/C58H108N2O11/c1-9-15-20-25-27-31-38-49(36-29-22-17-11-3)57(65)69-47-55(63)67-45-51(46-68-56(64)48-70-58(66)50(37-30-23-18-12-4)39-32-28-26-21-16-10-2)60(44-34-43-59(7)8)53(61)41-42-54(62)71-52(35-14-6)40-33-24-19-13-5/h49-52H,9-48H2,1-8H3. The van der Waals surface area contributed by atoms with Gasteiger partial charge in [0.15, 0.2) is 13.2 Å². The molecule has 13 heteroatoms. The zero-order valence-electron chi connectivity index (χ0n) is 47.0. The Morgan fingerprint density at radius 3 is 1.15 bits per heavy atom. The summed E-state index contributed by atoms with van der Waals surface area (Å²) < 4.78 is 28.4. The average Bonchev–Trinajstić information content (AvgIpc) is 3.35. The number of unbranched alkanes of at least 4 members (excludes halogenated alkanes) is 19. The predicted octanol–water partition coefficient (Wildman–Crippen LogP) is 13.4. The van der Waals surface area contributed by atoms with Crippen molar-refractivity contribution < 1.29 is 52.5 Å². The number of amides is 1. The molecule has 0 heterocycles. The number of hydrogen-bond donors (Lipinski definition) is 0. The van der Waals surface area contributed by atoms with Crippen molar-refractivity contribution in [2.45, 2.75) is 272 Å². The third-order valence-electron chi connectivity index (χ3n) is 13.4. The van der Waals surface area contributed by atoms with Gasteiger partial charge in [0.1, 0.15) is 19.3 Å². The van der Waals surface area contributed by atoms with Crippen LogP contribution in [0.15, 0.2) is 0 Å². The van der Waals surface area contributed by atoms with Crippen LogP contribution in [0.1, 0.15) is 260 Å². The molecule has 0 aliphatic carbocycles. The normalized spacial score (nSPS) is 13.0. The highest BCUT2D eigenvalue weighted by Gasteiger charge is 2.29. The van der Waals surface area contributed by atoms with Gasteiger partial charge in [-0.05, 0) is 72.0 Å². The minimum atomic E-state index is -0.940. The van der Waals surface area contributed by atoms with E-state index in [1.165, 1.54) is 43.4 Å². The molecule has 13 nitrogen and oxygen atoms in total. The Labute approximate surface area is 434 Å². The van der Waals surface area contributed by atoms with Crippen molar-refractivity contribution in [3.63, 3.8) is 0 Å². The molecule has 0 saturated carbocycles. The molecule has 71 heavy (non-hydrogen) atoms. The maximum absolute atomic E-state index is 14.1. The molecule has 0 aromatic heterocycles. The fourth-order valence-corrected chi connectivity index (χ4v) is 8.97. The van der Waals surface area contributed by atoms with Crippen molar-refractivity contribution >= 4 is 35.8 Å². The second-order valence-electron chi connectivity index (χ2n) is 20.4. The summed E-state index contributed by atoms with van der Waals surface area (Å²) in [5.41, 5.74) is 0. The third-order valence-corrected chi connectivity index (χ3v) is 13.4. The lowest BCUT2D eigenvalue weighted by atomic mass is 9.94. The van der Waals surface area contributed by atoms with Crippen molar-refractivity contribution in [3.8, 4) is 0 Å². The number of hydrogen-bond acceptors (Lipinski definition) is 12. The SMILES string of the molecule is CCCCCCCCC(CCCCCC)C(=O)OCC(=O)OCC(COC(=O)COC(=O)C(CCCCCC)CCCCCCCC)N(CCCN(C)C)C(=O)CCC(=O)OC(CCC)CCCCCC. The lowest BCUT2D eigenvalue weighted by molar-refractivity contribution is -0.167. The number of esters is 5. The summed E-state index contributed by atoms with van der Waals surface area (Å²) >= 11 is 0. The van der Waals surface area contributed by atoms with E-state index in [-0.39, 0.29) is 56.4 Å². The summed E-state index contributed by atoms with van der Waals surface area (Å²) in [6, 6.07) is -0.940. The van der Waals surface area contributed by atoms with Gasteiger partial charge in [0.2, 0.25) is 5.91 Å². The maximum atomic E-state index is 14.1. The number of carbonyl (C=O) groups is 6. The predicted molar refractivity (Wildman–Crippen MR) is 286 cm³/mol. The van der Waals surface area contributed by atoms with Gasteiger partial charge in [-0.3, -0.25) is 19.2 Å². The highest BCUT2D eigenvalue weighted by molar-refractivity contribution is 5.82. The molecule has 1 amide bonds. The molecule has 0 bridgehead atoms. The van der Waals surface area contributed by atoms with Gasteiger partial charge in [0.25, 0.3) is 0 Å². The molecule has 0 spiro atoms. The molecule has 0 aliphatic heterocycles. The van der Waals surface area contributed by atoms with Crippen LogP contribution >= 0.6 is 0 Å². The second-order valence-corrected chi connectivity index (χ2v) is 20.4. The van der Waals surface area contributed by atoms with E-state index in [1.807, 2.05) is 19.0 Å². The van der Waals surface area contributed by atoms with Gasteiger partial charge in [0, 0.05) is 13.0 Å². The fourth-order valence-electron chi connectivity index (χ4n) is 8.97. The summed E-state index contributed by atoms with van der Waals surface area (Å²) in [5, 5.41) is 0. The maximum Gasteiger partial charge on any atom is 0.344 e. The highest BCUT2D eigenvalue weighted by atomic mass is 16.6. The van der Waals surface area contributed by atoms with Crippen LogP contribution in [-0.4, -0.2) is 111 Å². The summed E-state index contributed by atoms with van der Waals surface area (Å²) in [6.07, 6.45) is 31.2. The average molecular weight is 1010 g/mol. The molecule has 416 valence electrons. The van der Waals surface area contributed by atoms with Crippen molar-refractivity contribution in [1.82, 2.24) is 9.80 Å². The van der Waals surface area contributed by atoms with Crippen molar-refractivity contribution in [2.24, 2.45) is 11.8 Å². The third kappa shape index (κ3) is 39.0. The molecule has 0 rings (SSSR count). The van der Waals surface area contributed by atoms with Gasteiger partial charge < -0.3 is 33.5 Å². The van der Waals surface area contributed by atoms with Crippen molar-refractivity contribution in [3.05, 3.63) is 0 Å². The first-order valence-corrected chi connectivity index (χ1v) is 29.1. The first-order chi connectivity index (χ1) is 34.4. The van der Waals surface area contributed by atoms with Gasteiger partial charge in [-0.25, -0.2) is 9.59 Å². The van der Waals surface area contributed by atoms with Gasteiger partial charge in [-0.15, -0.1) is 0 Å². The van der Waals surface area contributed by atoms with Gasteiger partial charge in [-0.2, -0.15) is 0 Å². The Morgan fingerprint density at radius 1 is 0.380 bits per heavy atom. The molecular formula is C58H108N2O11. The van der Waals surface area contributed by atoms with Crippen LogP contribution < -0.4 is 0 Å². The van der Waals surface area contributed by atoms with Crippen LogP contribution in [0.2, 0.25) is 0 Å². The zero-order chi connectivity index (χ0) is 52.7. The first kappa shape index (κ1) is 67.8. The van der Waals surface area contributed by atoms with Gasteiger partial charge in [-0.1, -0.05) is 196 Å². The Morgan fingerprint density at radius 2 is 0.761 bits per heavy atom. The molecule has 0 aromatic carbocycles. The van der Waals surface area contributed by atoms with Crippen molar-refractivity contribution in [2.75, 3.05) is 53.6 Å². The molecule has 3 atom stereocenters. The smallest absolute Gasteiger partial charge is 0.344 e. The van der Waals surface area contributed by atoms with Gasteiger partial charge in [0.05, 0.1) is 24.3 Å². The van der Waals surface area contributed by atoms with Gasteiger partial charge >= 0.3 is 29.8 Å². The summed E-state index contributed by atoms with van der Waals surface area (Å²) in [7, 11) is 3.85. The second kappa shape index (κ2) is 47.8. The molecule has 0 aliphatic rings.